The third kappa shape index (κ3) is 4.23. The van der Waals surface area contributed by atoms with Crippen molar-refractivity contribution < 1.29 is 18.7 Å². The van der Waals surface area contributed by atoms with E-state index in [0.29, 0.717) is 17.3 Å². The van der Waals surface area contributed by atoms with Crippen LogP contribution in [-0.4, -0.2) is 24.3 Å². The summed E-state index contributed by atoms with van der Waals surface area (Å²) in [7, 11) is 1.49. The van der Waals surface area contributed by atoms with Gasteiger partial charge in [-0.05, 0) is 48.0 Å². The molecule has 7 heteroatoms. The topological polar surface area (TPSA) is 86.0 Å². The van der Waals surface area contributed by atoms with Gasteiger partial charge in [-0.2, -0.15) is 5.10 Å². The van der Waals surface area contributed by atoms with E-state index in [4.69, 9.17) is 13.9 Å². The van der Waals surface area contributed by atoms with E-state index in [9.17, 15) is 4.79 Å². The molecule has 0 aliphatic heterocycles. The molecule has 0 saturated carbocycles. The SMILES string of the molecule is COc1cc(/C=N\Nc2ccccn2)ccc1OC(=O)c1ccco1. The largest absolute Gasteiger partial charge is 0.493 e. The molecule has 0 amide bonds. The minimum Gasteiger partial charge on any atom is -0.493 e. The Hall–Kier alpha value is -3.61. The van der Waals surface area contributed by atoms with Gasteiger partial charge < -0.3 is 13.9 Å². The molecule has 0 bridgehead atoms. The van der Waals surface area contributed by atoms with Crippen molar-refractivity contribution in [3.8, 4) is 11.5 Å². The van der Waals surface area contributed by atoms with Crippen molar-refractivity contribution in [2.24, 2.45) is 5.10 Å². The van der Waals surface area contributed by atoms with Gasteiger partial charge in [0, 0.05) is 6.20 Å². The fourth-order valence-corrected chi connectivity index (χ4v) is 2.00. The number of carbonyl (C=O) groups is 1. The number of methoxy groups -OCH3 is 1. The maximum atomic E-state index is 11.9. The average molecular weight is 337 g/mol. The zero-order chi connectivity index (χ0) is 17.5. The van der Waals surface area contributed by atoms with Gasteiger partial charge in [-0.15, -0.1) is 0 Å². The van der Waals surface area contributed by atoms with Gasteiger partial charge in [0.25, 0.3) is 0 Å². The Morgan fingerprint density at radius 1 is 1.20 bits per heavy atom. The number of anilines is 1. The number of nitrogens with zero attached hydrogens (tertiary/aromatic N) is 2. The third-order valence-electron chi connectivity index (χ3n) is 3.17. The number of hydrogen-bond donors (Lipinski definition) is 1. The van der Waals surface area contributed by atoms with Crippen molar-refractivity contribution in [3.63, 3.8) is 0 Å². The van der Waals surface area contributed by atoms with E-state index in [-0.39, 0.29) is 5.76 Å². The molecule has 0 saturated heterocycles. The molecule has 0 spiro atoms. The van der Waals surface area contributed by atoms with E-state index in [2.05, 4.69) is 15.5 Å². The maximum Gasteiger partial charge on any atom is 0.379 e. The summed E-state index contributed by atoms with van der Waals surface area (Å²) >= 11 is 0. The summed E-state index contributed by atoms with van der Waals surface area (Å²) in [6.07, 6.45) is 4.68. The lowest BCUT2D eigenvalue weighted by Crippen LogP contribution is -2.08. The normalized spacial score (nSPS) is 10.6. The molecule has 25 heavy (non-hydrogen) atoms. The van der Waals surface area contributed by atoms with Gasteiger partial charge in [0.2, 0.25) is 5.76 Å². The van der Waals surface area contributed by atoms with E-state index in [1.807, 2.05) is 12.1 Å². The van der Waals surface area contributed by atoms with Crippen LogP contribution in [0.1, 0.15) is 16.1 Å². The second-order valence-electron chi connectivity index (χ2n) is 4.86. The maximum absolute atomic E-state index is 11.9. The van der Waals surface area contributed by atoms with Gasteiger partial charge in [-0.25, -0.2) is 9.78 Å². The van der Waals surface area contributed by atoms with Crippen molar-refractivity contribution >= 4 is 18.0 Å². The Kier molecular flexibility index (Phi) is 5.06. The van der Waals surface area contributed by atoms with Gasteiger partial charge in [0.05, 0.1) is 19.6 Å². The molecule has 1 N–H and O–H groups in total. The molecule has 126 valence electrons. The summed E-state index contributed by atoms with van der Waals surface area (Å²) in [6.45, 7) is 0. The number of ether oxygens (including phenoxy) is 2. The van der Waals surface area contributed by atoms with Gasteiger partial charge in [0.15, 0.2) is 11.5 Å². The number of furan rings is 1. The van der Waals surface area contributed by atoms with Crippen LogP contribution >= 0.6 is 0 Å². The highest BCUT2D eigenvalue weighted by molar-refractivity contribution is 5.89. The number of carbonyl (C=O) groups excluding carboxylic acids is 1. The van der Waals surface area contributed by atoms with Gasteiger partial charge >= 0.3 is 5.97 Å². The fraction of sp³-hybridized carbons (Fsp3) is 0.0556. The van der Waals surface area contributed by atoms with Crippen LogP contribution in [0.5, 0.6) is 11.5 Å². The molecule has 7 nitrogen and oxygen atoms in total. The number of nitrogens with one attached hydrogen (secondary N) is 1. The molecule has 1 aromatic carbocycles. The number of hydrazone groups is 1. The predicted octanol–water partition coefficient (Wildman–Crippen LogP) is 3.35. The summed E-state index contributed by atoms with van der Waals surface area (Å²) < 4.78 is 15.6. The first-order chi connectivity index (χ1) is 12.3. The van der Waals surface area contributed by atoms with Crippen molar-refractivity contribution in [2.45, 2.75) is 0 Å². The highest BCUT2D eigenvalue weighted by Gasteiger charge is 2.14. The van der Waals surface area contributed by atoms with E-state index in [1.54, 1.807) is 42.7 Å². The highest BCUT2D eigenvalue weighted by Crippen LogP contribution is 2.28. The zero-order valence-corrected chi connectivity index (χ0v) is 13.4. The minimum atomic E-state index is -0.596. The van der Waals surface area contributed by atoms with Crippen LogP contribution in [0.3, 0.4) is 0 Å². The Bertz CT molecular complexity index is 861. The number of aromatic nitrogens is 1. The second kappa shape index (κ2) is 7.78. The van der Waals surface area contributed by atoms with Gasteiger partial charge in [-0.3, -0.25) is 5.43 Å². The third-order valence-corrected chi connectivity index (χ3v) is 3.17. The molecular weight excluding hydrogens is 322 g/mol. The van der Waals surface area contributed by atoms with Crippen LogP contribution in [0, 0.1) is 0 Å². The highest BCUT2D eigenvalue weighted by atomic mass is 16.6. The number of benzene rings is 1. The Morgan fingerprint density at radius 2 is 2.12 bits per heavy atom. The van der Waals surface area contributed by atoms with E-state index in [0.717, 1.165) is 5.56 Å². The molecule has 0 fully saturated rings. The summed E-state index contributed by atoms with van der Waals surface area (Å²) in [6, 6.07) is 13.7. The van der Waals surface area contributed by atoms with Gasteiger partial charge in [-0.1, -0.05) is 6.07 Å². The molecule has 0 aliphatic rings. The summed E-state index contributed by atoms with van der Waals surface area (Å²) in [5.74, 6) is 0.851. The van der Waals surface area contributed by atoms with E-state index >= 15 is 0 Å². The smallest absolute Gasteiger partial charge is 0.379 e. The predicted molar refractivity (Wildman–Crippen MR) is 92.1 cm³/mol. The summed E-state index contributed by atoms with van der Waals surface area (Å²) in [4.78, 5) is 16.0. The standard InChI is InChI=1S/C18H15N3O4/c1-23-16-11-13(12-20-21-17-6-2-3-9-19-17)7-8-14(16)25-18(22)15-5-4-10-24-15/h2-12H,1H3,(H,19,21)/b20-12-. The molecule has 0 radical (unpaired) electrons. The first-order valence-electron chi connectivity index (χ1n) is 7.40. The minimum absolute atomic E-state index is 0.118. The number of esters is 1. The molecule has 2 aromatic heterocycles. The number of pyridine rings is 1. The van der Waals surface area contributed by atoms with E-state index in [1.165, 1.54) is 19.4 Å². The average Bonchev–Trinajstić information content (AvgIpc) is 3.18. The Labute approximate surface area is 143 Å². The van der Waals surface area contributed by atoms with Crippen molar-refractivity contribution in [2.75, 3.05) is 12.5 Å². The van der Waals surface area contributed by atoms with Gasteiger partial charge in [0.1, 0.15) is 5.82 Å². The summed E-state index contributed by atoms with van der Waals surface area (Å²) in [5, 5.41) is 4.10. The monoisotopic (exact) mass is 337 g/mol. The van der Waals surface area contributed by atoms with Crippen LogP contribution in [-0.2, 0) is 0 Å². The van der Waals surface area contributed by atoms with Crippen LogP contribution in [0.4, 0.5) is 5.82 Å². The molecule has 0 aliphatic carbocycles. The lowest BCUT2D eigenvalue weighted by Gasteiger charge is -2.09. The molecule has 2 heterocycles. The first kappa shape index (κ1) is 16.3. The quantitative estimate of drug-likeness (QED) is 0.321. The molecule has 3 aromatic rings. The summed E-state index contributed by atoms with van der Waals surface area (Å²) in [5.41, 5.74) is 3.58. The van der Waals surface area contributed by atoms with Crippen LogP contribution in [0.15, 0.2) is 70.5 Å². The lowest BCUT2D eigenvalue weighted by atomic mass is 10.2. The molecule has 0 atom stereocenters. The number of rotatable bonds is 6. The van der Waals surface area contributed by atoms with E-state index < -0.39 is 5.97 Å². The van der Waals surface area contributed by atoms with Crippen molar-refractivity contribution in [1.29, 1.82) is 0 Å². The fourth-order valence-electron chi connectivity index (χ4n) is 2.00. The lowest BCUT2D eigenvalue weighted by molar-refractivity contribution is 0.0696. The van der Waals surface area contributed by atoms with Crippen molar-refractivity contribution in [3.05, 3.63) is 72.3 Å². The zero-order valence-electron chi connectivity index (χ0n) is 13.4. The first-order valence-corrected chi connectivity index (χ1v) is 7.40. The molecular formula is C18H15N3O4. The number of hydrogen-bond acceptors (Lipinski definition) is 7. The van der Waals surface area contributed by atoms with Crippen LogP contribution in [0.25, 0.3) is 0 Å². The Morgan fingerprint density at radius 3 is 2.84 bits per heavy atom. The van der Waals surface area contributed by atoms with Crippen LogP contribution < -0.4 is 14.9 Å². The second-order valence-corrected chi connectivity index (χ2v) is 4.86. The van der Waals surface area contributed by atoms with Crippen molar-refractivity contribution in [1.82, 2.24) is 4.98 Å². The molecule has 3 rings (SSSR count). The van der Waals surface area contributed by atoms with Crippen LogP contribution in [0.2, 0.25) is 0 Å². The Balaban J connectivity index is 1.70. The molecule has 0 unspecified atom stereocenters.